The highest BCUT2D eigenvalue weighted by Crippen LogP contribution is 2.25. The monoisotopic (exact) mass is 294 g/mol. The van der Waals surface area contributed by atoms with E-state index in [9.17, 15) is 0 Å². The Morgan fingerprint density at radius 2 is 2.05 bits per heavy atom. The third-order valence-electron chi connectivity index (χ3n) is 3.25. The zero-order valence-electron chi connectivity index (χ0n) is 12.4. The maximum absolute atomic E-state index is 6.12. The molecular weight excluding hydrogens is 272 g/mol. The van der Waals surface area contributed by atoms with Gasteiger partial charge in [0.2, 0.25) is 0 Å². The highest BCUT2D eigenvalue weighted by atomic mass is 35.5. The van der Waals surface area contributed by atoms with Crippen LogP contribution in [0.1, 0.15) is 26.3 Å². The third kappa shape index (κ3) is 3.75. The molecular formula is C16H23ClN2O. The van der Waals surface area contributed by atoms with E-state index in [1.165, 1.54) is 10.9 Å². The van der Waals surface area contributed by atoms with Crippen LogP contribution in [0.3, 0.4) is 0 Å². The van der Waals surface area contributed by atoms with Gasteiger partial charge in [-0.15, -0.1) is 0 Å². The molecule has 0 amide bonds. The van der Waals surface area contributed by atoms with Crippen molar-refractivity contribution < 1.29 is 4.74 Å². The minimum atomic E-state index is 0.150. The second-order valence-corrected chi connectivity index (χ2v) is 6.05. The van der Waals surface area contributed by atoms with Gasteiger partial charge in [-0.05, 0) is 44.9 Å². The molecule has 20 heavy (non-hydrogen) atoms. The Bertz CT molecular complexity index is 575. The second-order valence-electron chi connectivity index (χ2n) is 5.61. The number of nitrogens with two attached hydrogens (primary N) is 1. The van der Waals surface area contributed by atoms with Crippen molar-refractivity contribution in [2.24, 2.45) is 5.73 Å². The van der Waals surface area contributed by atoms with Gasteiger partial charge in [0.05, 0.1) is 12.7 Å². The average molecular weight is 295 g/mol. The Labute approximate surface area is 125 Å². The van der Waals surface area contributed by atoms with Crippen molar-refractivity contribution >= 4 is 22.5 Å². The molecule has 0 aliphatic carbocycles. The molecule has 0 spiro atoms. The van der Waals surface area contributed by atoms with E-state index in [2.05, 4.69) is 16.8 Å². The van der Waals surface area contributed by atoms with Crippen LogP contribution in [0.25, 0.3) is 10.9 Å². The third-order valence-corrected chi connectivity index (χ3v) is 3.49. The number of rotatable bonds is 6. The maximum atomic E-state index is 6.12. The molecule has 1 heterocycles. The summed E-state index contributed by atoms with van der Waals surface area (Å²) in [5, 5.41) is 1.99. The molecule has 0 saturated carbocycles. The summed E-state index contributed by atoms with van der Waals surface area (Å²) in [6.07, 6.45) is 3.30. The van der Waals surface area contributed by atoms with Crippen molar-refractivity contribution in [1.82, 2.24) is 4.57 Å². The van der Waals surface area contributed by atoms with Crippen LogP contribution in [0.15, 0.2) is 24.4 Å². The largest absolute Gasteiger partial charge is 0.377 e. The Morgan fingerprint density at radius 1 is 1.30 bits per heavy atom. The van der Waals surface area contributed by atoms with Crippen molar-refractivity contribution in [2.75, 3.05) is 6.61 Å². The van der Waals surface area contributed by atoms with E-state index < -0.39 is 0 Å². The van der Waals surface area contributed by atoms with Gasteiger partial charge in [-0.2, -0.15) is 0 Å². The molecule has 1 aromatic carbocycles. The molecule has 110 valence electrons. The van der Waals surface area contributed by atoms with E-state index in [1.54, 1.807) is 0 Å². The van der Waals surface area contributed by atoms with Gasteiger partial charge < -0.3 is 15.0 Å². The molecule has 3 nitrogen and oxygen atoms in total. The highest BCUT2D eigenvalue weighted by molar-refractivity contribution is 6.31. The molecule has 1 aromatic heterocycles. The summed E-state index contributed by atoms with van der Waals surface area (Å²) in [5.41, 5.74) is 8.36. The first kappa shape index (κ1) is 15.4. The van der Waals surface area contributed by atoms with Crippen molar-refractivity contribution in [3.8, 4) is 0 Å². The number of nitrogens with zero attached hydrogens (tertiary/aromatic N) is 1. The van der Waals surface area contributed by atoms with E-state index in [0.29, 0.717) is 6.61 Å². The predicted molar refractivity (Wildman–Crippen MR) is 85.4 cm³/mol. The molecule has 0 saturated heterocycles. The van der Waals surface area contributed by atoms with Gasteiger partial charge in [-0.25, -0.2) is 0 Å². The molecule has 4 heteroatoms. The molecule has 1 unspecified atom stereocenters. The highest BCUT2D eigenvalue weighted by Gasteiger charge is 2.10. The van der Waals surface area contributed by atoms with Gasteiger partial charge in [-0.1, -0.05) is 17.7 Å². The molecule has 2 N–H and O–H groups in total. The summed E-state index contributed by atoms with van der Waals surface area (Å²) >= 11 is 6.12. The second kappa shape index (κ2) is 6.61. The first-order chi connectivity index (χ1) is 9.47. The number of benzene rings is 1. The van der Waals surface area contributed by atoms with Crippen LogP contribution in [0.2, 0.25) is 5.02 Å². The van der Waals surface area contributed by atoms with Gasteiger partial charge in [0.1, 0.15) is 0 Å². The van der Waals surface area contributed by atoms with Crippen molar-refractivity contribution in [1.29, 1.82) is 0 Å². The average Bonchev–Trinajstić information content (AvgIpc) is 2.66. The van der Waals surface area contributed by atoms with E-state index in [0.717, 1.165) is 23.5 Å². The van der Waals surface area contributed by atoms with Gasteiger partial charge >= 0.3 is 0 Å². The summed E-state index contributed by atoms with van der Waals surface area (Å²) in [4.78, 5) is 0. The maximum Gasteiger partial charge on any atom is 0.0649 e. The first-order valence-corrected chi connectivity index (χ1v) is 7.49. The van der Waals surface area contributed by atoms with Gasteiger partial charge in [0.25, 0.3) is 0 Å². The number of ether oxygens (including phenoxy) is 1. The first-order valence-electron chi connectivity index (χ1n) is 7.12. The molecule has 0 aliphatic rings. The van der Waals surface area contributed by atoms with Crippen LogP contribution in [0, 0.1) is 0 Å². The fraction of sp³-hybridized carbons (Fsp3) is 0.500. The molecule has 0 aliphatic heterocycles. The minimum absolute atomic E-state index is 0.150. The van der Waals surface area contributed by atoms with Crippen LogP contribution >= 0.6 is 11.6 Å². The standard InChI is InChI=1S/C16H23ClN2O/c1-11(2)20-7-6-19-10-13(8-12(3)18)15-5-4-14(17)9-16(15)19/h4-5,9-12H,6-8,18H2,1-3H3. The lowest BCUT2D eigenvalue weighted by molar-refractivity contribution is 0.0733. The lowest BCUT2D eigenvalue weighted by atomic mass is 10.1. The number of hydrogen-bond donors (Lipinski definition) is 1. The van der Waals surface area contributed by atoms with Crippen LogP contribution in [0.5, 0.6) is 0 Å². The smallest absolute Gasteiger partial charge is 0.0649 e. The molecule has 2 aromatic rings. The van der Waals surface area contributed by atoms with Gasteiger partial charge in [0.15, 0.2) is 0 Å². The van der Waals surface area contributed by atoms with Crippen molar-refractivity contribution in [3.05, 3.63) is 35.0 Å². The SMILES string of the molecule is CC(N)Cc1cn(CCOC(C)C)c2cc(Cl)ccc12. The fourth-order valence-corrected chi connectivity index (χ4v) is 2.59. The summed E-state index contributed by atoms with van der Waals surface area (Å²) in [6, 6.07) is 6.17. The van der Waals surface area contributed by atoms with Gasteiger partial charge in [0, 0.05) is 34.7 Å². The summed E-state index contributed by atoms with van der Waals surface area (Å²) in [7, 11) is 0. The topological polar surface area (TPSA) is 40.2 Å². The summed E-state index contributed by atoms with van der Waals surface area (Å²) in [5.74, 6) is 0. The minimum Gasteiger partial charge on any atom is -0.377 e. The van der Waals surface area contributed by atoms with Crippen molar-refractivity contribution in [2.45, 2.75) is 45.9 Å². The Hall–Kier alpha value is -1.03. The van der Waals surface area contributed by atoms with Crippen molar-refractivity contribution in [3.63, 3.8) is 0 Å². The lowest BCUT2D eigenvalue weighted by Gasteiger charge is -2.09. The quantitative estimate of drug-likeness (QED) is 0.884. The normalized spacial score (nSPS) is 13.3. The number of fused-ring (bicyclic) bond motifs is 1. The van der Waals surface area contributed by atoms with E-state index in [4.69, 9.17) is 22.1 Å². The zero-order valence-corrected chi connectivity index (χ0v) is 13.2. The molecule has 0 fully saturated rings. The van der Waals surface area contributed by atoms with E-state index in [1.807, 2.05) is 32.9 Å². The van der Waals surface area contributed by atoms with Crippen LogP contribution in [0.4, 0.5) is 0 Å². The summed E-state index contributed by atoms with van der Waals surface area (Å²) < 4.78 is 7.85. The Kier molecular flexibility index (Phi) is 5.08. The Balaban J connectivity index is 2.30. The number of hydrogen-bond acceptors (Lipinski definition) is 2. The van der Waals surface area contributed by atoms with E-state index in [-0.39, 0.29) is 12.1 Å². The van der Waals surface area contributed by atoms with Crippen LogP contribution in [-0.4, -0.2) is 23.3 Å². The summed E-state index contributed by atoms with van der Waals surface area (Å²) in [6.45, 7) is 7.65. The molecule has 1 atom stereocenters. The van der Waals surface area contributed by atoms with E-state index >= 15 is 0 Å². The fourth-order valence-electron chi connectivity index (χ4n) is 2.42. The molecule has 2 rings (SSSR count). The van der Waals surface area contributed by atoms with Gasteiger partial charge in [-0.3, -0.25) is 0 Å². The van der Waals surface area contributed by atoms with Crippen LogP contribution < -0.4 is 5.73 Å². The number of halogens is 1. The predicted octanol–water partition coefficient (Wildman–Crippen LogP) is 3.61. The lowest BCUT2D eigenvalue weighted by Crippen LogP contribution is -2.17. The zero-order chi connectivity index (χ0) is 14.7. The number of aromatic nitrogens is 1. The Morgan fingerprint density at radius 3 is 2.70 bits per heavy atom. The molecule has 0 bridgehead atoms. The molecule has 0 radical (unpaired) electrons. The van der Waals surface area contributed by atoms with Crippen LogP contribution in [-0.2, 0) is 17.7 Å².